The number of methoxy groups -OCH3 is 1. The lowest BCUT2D eigenvalue weighted by atomic mass is 10.1. The minimum Gasteiger partial charge on any atom is -0.506 e. The van der Waals surface area contributed by atoms with Crippen LogP contribution in [0.2, 0.25) is 0 Å². The first-order chi connectivity index (χ1) is 12.9. The number of hydrogen-bond acceptors (Lipinski definition) is 8. The first-order valence-corrected chi connectivity index (χ1v) is 8.37. The molecule has 1 heterocycles. The van der Waals surface area contributed by atoms with Gasteiger partial charge in [-0.2, -0.15) is 0 Å². The van der Waals surface area contributed by atoms with Gasteiger partial charge in [-0.3, -0.25) is 9.59 Å². The van der Waals surface area contributed by atoms with Crippen LogP contribution in [0.25, 0.3) is 0 Å². The molecule has 3 N–H and O–H groups in total. The zero-order valence-electron chi connectivity index (χ0n) is 15.2. The van der Waals surface area contributed by atoms with Crippen LogP contribution in [0, 0.1) is 0 Å². The van der Waals surface area contributed by atoms with Gasteiger partial charge in [0.2, 0.25) is 0 Å². The second kappa shape index (κ2) is 9.04. The fourth-order valence-electron chi connectivity index (χ4n) is 2.66. The smallest absolute Gasteiger partial charge is 0.337 e. The van der Waals surface area contributed by atoms with E-state index in [2.05, 4.69) is 5.32 Å². The first kappa shape index (κ1) is 20.2. The number of carbonyl (C=O) groups is 3. The topological polar surface area (TPSA) is 125 Å². The van der Waals surface area contributed by atoms with Gasteiger partial charge < -0.3 is 29.9 Å². The Balaban J connectivity index is 2.30. The molecule has 0 fully saturated rings. The number of aliphatic hydroxyl groups is 1. The maximum absolute atomic E-state index is 12.5. The molecular formula is C18H22N2O7. The summed E-state index contributed by atoms with van der Waals surface area (Å²) in [5, 5.41) is 21.9. The van der Waals surface area contributed by atoms with Crippen LogP contribution in [0.3, 0.4) is 0 Å². The summed E-state index contributed by atoms with van der Waals surface area (Å²) in [5.41, 5.74) is 0.768. The van der Waals surface area contributed by atoms with Crippen molar-refractivity contribution in [3.05, 3.63) is 35.0 Å². The zero-order valence-corrected chi connectivity index (χ0v) is 15.2. The summed E-state index contributed by atoms with van der Waals surface area (Å²) in [6, 6.07) is 4.43. The van der Waals surface area contributed by atoms with Crippen molar-refractivity contribution in [2.45, 2.75) is 13.3 Å². The molecule has 1 aromatic rings. The second-order valence-corrected chi connectivity index (χ2v) is 5.75. The van der Waals surface area contributed by atoms with Crippen LogP contribution in [0.1, 0.15) is 12.5 Å². The Morgan fingerprint density at radius 1 is 1.33 bits per heavy atom. The Labute approximate surface area is 156 Å². The van der Waals surface area contributed by atoms with Crippen molar-refractivity contribution in [3.63, 3.8) is 0 Å². The molecule has 0 atom stereocenters. The van der Waals surface area contributed by atoms with Gasteiger partial charge in [0.1, 0.15) is 11.4 Å². The number of carbonyl (C=O) groups excluding carboxylic acids is 3. The van der Waals surface area contributed by atoms with Crippen LogP contribution in [0.15, 0.2) is 29.5 Å². The van der Waals surface area contributed by atoms with Gasteiger partial charge in [-0.15, -0.1) is 0 Å². The van der Waals surface area contributed by atoms with Crippen LogP contribution in [0.4, 0.5) is 5.69 Å². The molecular weight excluding hydrogens is 356 g/mol. The molecule has 0 bridgehead atoms. The fraction of sp³-hybridized carbons (Fsp3) is 0.389. The van der Waals surface area contributed by atoms with Gasteiger partial charge >= 0.3 is 11.9 Å². The number of benzene rings is 1. The molecule has 146 valence electrons. The molecule has 1 aromatic carbocycles. The molecule has 9 nitrogen and oxygen atoms in total. The van der Waals surface area contributed by atoms with Crippen LogP contribution in [0.5, 0.6) is 5.75 Å². The van der Waals surface area contributed by atoms with E-state index in [4.69, 9.17) is 14.6 Å². The average molecular weight is 378 g/mol. The molecule has 1 aliphatic rings. The summed E-state index contributed by atoms with van der Waals surface area (Å²) < 4.78 is 9.60. The normalized spacial score (nSPS) is 13.7. The van der Waals surface area contributed by atoms with Gasteiger partial charge in [0, 0.05) is 6.54 Å². The third-order valence-electron chi connectivity index (χ3n) is 3.93. The number of esters is 2. The van der Waals surface area contributed by atoms with Gasteiger partial charge in [0.05, 0.1) is 44.5 Å². The van der Waals surface area contributed by atoms with Crippen molar-refractivity contribution in [2.75, 3.05) is 38.7 Å². The minimum absolute atomic E-state index is 0.00368. The predicted molar refractivity (Wildman–Crippen MR) is 94.8 cm³/mol. The zero-order chi connectivity index (χ0) is 20.0. The number of aliphatic hydroxyl groups excluding tert-OH is 1. The molecule has 0 aromatic heterocycles. The number of phenols is 1. The maximum Gasteiger partial charge on any atom is 0.337 e. The highest BCUT2D eigenvalue weighted by Crippen LogP contribution is 2.29. The van der Waals surface area contributed by atoms with Crippen LogP contribution in [-0.2, 0) is 30.3 Å². The highest BCUT2D eigenvalue weighted by molar-refractivity contribution is 6.08. The van der Waals surface area contributed by atoms with Crippen LogP contribution < -0.4 is 5.32 Å². The van der Waals surface area contributed by atoms with Crippen molar-refractivity contribution >= 4 is 23.5 Å². The number of aromatic hydroxyl groups is 1. The molecule has 0 unspecified atom stereocenters. The largest absolute Gasteiger partial charge is 0.506 e. The molecule has 0 saturated carbocycles. The number of anilines is 1. The average Bonchev–Trinajstić information content (AvgIpc) is 2.94. The van der Waals surface area contributed by atoms with Gasteiger partial charge in [-0.1, -0.05) is 6.07 Å². The monoisotopic (exact) mass is 378 g/mol. The molecule has 0 aliphatic carbocycles. The number of nitrogens with one attached hydrogen (secondary N) is 1. The van der Waals surface area contributed by atoms with Gasteiger partial charge in [0.15, 0.2) is 0 Å². The Morgan fingerprint density at radius 2 is 2.07 bits per heavy atom. The van der Waals surface area contributed by atoms with Crippen LogP contribution in [-0.4, -0.2) is 66.4 Å². The van der Waals surface area contributed by atoms with Crippen molar-refractivity contribution in [1.82, 2.24) is 4.90 Å². The number of amides is 1. The Kier molecular flexibility index (Phi) is 6.78. The molecule has 2 rings (SSSR count). The summed E-state index contributed by atoms with van der Waals surface area (Å²) in [7, 11) is 1.20. The highest BCUT2D eigenvalue weighted by Gasteiger charge is 2.34. The number of nitrogens with zero attached hydrogens (tertiary/aromatic N) is 1. The quantitative estimate of drug-likeness (QED) is 0.432. The van der Waals surface area contributed by atoms with E-state index in [1.807, 2.05) is 0 Å². The van der Waals surface area contributed by atoms with E-state index in [0.717, 1.165) is 0 Å². The van der Waals surface area contributed by atoms with E-state index in [-0.39, 0.29) is 55.4 Å². The molecule has 0 spiro atoms. The lowest BCUT2D eigenvalue weighted by Gasteiger charge is -2.15. The summed E-state index contributed by atoms with van der Waals surface area (Å²) in [6.45, 7) is 1.74. The number of β-amino-alcohol motifs (C(OH)–C–C–N with tert-alkyl or cyclic N) is 1. The number of rotatable bonds is 8. The summed E-state index contributed by atoms with van der Waals surface area (Å²) in [6.07, 6.45) is -0.00368. The first-order valence-electron chi connectivity index (χ1n) is 8.37. The van der Waals surface area contributed by atoms with Crippen LogP contribution >= 0.6 is 0 Å². The minimum atomic E-state index is -0.687. The van der Waals surface area contributed by atoms with E-state index >= 15 is 0 Å². The van der Waals surface area contributed by atoms with Crippen molar-refractivity contribution in [2.24, 2.45) is 0 Å². The third kappa shape index (κ3) is 4.76. The summed E-state index contributed by atoms with van der Waals surface area (Å²) in [4.78, 5) is 37.4. The molecule has 0 saturated heterocycles. The van der Waals surface area contributed by atoms with Crippen molar-refractivity contribution in [3.8, 4) is 5.75 Å². The molecule has 1 amide bonds. The standard InChI is InChI=1S/C18H22N2O7/c1-3-27-15(23)9-11-4-5-14(22)13(8-11)19-16-12(18(25)26-2)10-20(6-7-21)17(16)24/h4-5,8,19,21-22H,3,6-7,9-10H2,1-2H3. The lowest BCUT2D eigenvalue weighted by molar-refractivity contribution is -0.142. The lowest BCUT2D eigenvalue weighted by Crippen LogP contribution is -2.31. The van der Waals surface area contributed by atoms with Gasteiger partial charge in [0.25, 0.3) is 5.91 Å². The van der Waals surface area contributed by atoms with Crippen molar-refractivity contribution < 1.29 is 34.1 Å². The molecule has 0 radical (unpaired) electrons. The fourth-order valence-corrected chi connectivity index (χ4v) is 2.66. The number of ether oxygens (including phenoxy) is 2. The van der Waals surface area contributed by atoms with E-state index in [9.17, 15) is 19.5 Å². The predicted octanol–water partition coefficient (Wildman–Crippen LogP) is 0.171. The third-order valence-corrected chi connectivity index (χ3v) is 3.93. The Bertz CT molecular complexity index is 773. The van der Waals surface area contributed by atoms with E-state index in [1.165, 1.54) is 24.1 Å². The van der Waals surface area contributed by atoms with Crippen molar-refractivity contribution in [1.29, 1.82) is 0 Å². The summed E-state index contributed by atoms with van der Waals surface area (Å²) >= 11 is 0. The number of hydrogen-bond donors (Lipinski definition) is 3. The maximum atomic E-state index is 12.5. The van der Waals surface area contributed by atoms with E-state index in [0.29, 0.717) is 5.56 Å². The van der Waals surface area contributed by atoms with Gasteiger partial charge in [-0.25, -0.2) is 4.79 Å². The Morgan fingerprint density at radius 3 is 2.70 bits per heavy atom. The molecule has 1 aliphatic heterocycles. The molecule has 9 heteroatoms. The number of phenolic OH excluding ortho intramolecular Hbond substituents is 1. The second-order valence-electron chi connectivity index (χ2n) is 5.75. The molecule has 27 heavy (non-hydrogen) atoms. The summed E-state index contributed by atoms with van der Waals surface area (Å²) in [5.74, 6) is -1.77. The highest BCUT2D eigenvalue weighted by atomic mass is 16.5. The van der Waals surface area contributed by atoms with Gasteiger partial charge in [-0.05, 0) is 24.6 Å². The SMILES string of the molecule is CCOC(=O)Cc1ccc(O)c(NC2=C(C(=O)OC)CN(CCO)C2=O)c1. The van der Waals surface area contributed by atoms with E-state index < -0.39 is 17.8 Å². The van der Waals surface area contributed by atoms with E-state index in [1.54, 1.807) is 13.0 Å². The Hall–Kier alpha value is -3.07.